The fourth-order valence-electron chi connectivity index (χ4n) is 4.67. The molecule has 0 bridgehead atoms. The highest BCUT2D eigenvalue weighted by Crippen LogP contribution is 2.36. The molecule has 0 saturated heterocycles. The molecule has 0 spiro atoms. The second kappa shape index (κ2) is 8.39. The van der Waals surface area contributed by atoms with E-state index in [0.717, 1.165) is 22.3 Å². The summed E-state index contributed by atoms with van der Waals surface area (Å²) in [7, 11) is -4.00. The minimum Gasteiger partial charge on any atom is -0.477 e. The van der Waals surface area contributed by atoms with E-state index < -0.39 is 21.4 Å². The van der Waals surface area contributed by atoms with Crippen LogP contribution < -0.4 is 5.56 Å². The fourth-order valence-corrected chi connectivity index (χ4v) is 6.03. The molecule has 2 aromatic heterocycles. The number of carboxylic acid groups (broad SMARTS) is 1. The summed E-state index contributed by atoms with van der Waals surface area (Å²) in [6, 6.07) is 16.9. The Labute approximate surface area is 202 Å². The zero-order chi connectivity index (χ0) is 24.9. The molecule has 0 atom stereocenters. The number of aromatic carboxylic acids is 1. The van der Waals surface area contributed by atoms with E-state index in [1.807, 2.05) is 32.0 Å². The van der Waals surface area contributed by atoms with Gasteiger partial charge in [0.1, 0.15) is 10.6 Å². The lowest BCUT2D eigenvalue weighted by Gasteiger charge is -2.21. The number of sulfone groups is 1. The van der Waals surface area contributed by atoms with Crippen molar-refractivity contribution in [2.75, 3.05) is 0 Å². The normalized spacial score (nSPS) is 12.7. The van der Waals surface area contributed by atoms with Gasteiger partial charge in [-0.05, 0) is 78.8 Å². The second-order valence-electron chi connectivity index (χ2n) is 8.89. The quantitative estimate of drug-likeness (QED) is 0.439. The molecule has 0 fully saturated rings. The van der Waals surface area contributed by atoms with Gasteiger partial charge in [-0.25, -0.2) is 13.2 Å². The Morgan fingerprint density at radius 2 is 1.69 bits per heavy atom. The Bertz CT molecular complexity index is 1650. The van der Waals surface area contributed by atoms with Crippen LogP contribution >= 0.6 is 0 Å². The average molecular weight is 489 g/mol. The molecule has 178 valence electrons. The first kappa shape index (κ1) is 22.9. The molecular weight excluding hydrogens is 464 g/mol. The lowest BCUT2D eigenvalue weighted by molar-refractivity contribution is 0.0686. The van der Waals surface area contributed by atoms with E-state index in [4.69, 9.17) is 0 Å². The van der Waals surface area contributed by atoms with E-state index in [1.54, 1.807) is 28.8 Å². The molecule has 0 unspecified atom stereocenters. The molecule has 2 heterocycles. The van der Waals surface area contributed by atoms with Crippen LogP contribution in [0.1, 0.15) is 38.3 Å². The largest absolute Gasteiger partial charge is 0.477 e. The number of rotatable bonds is 5. The number of nitrogens with zero attached hydrogens (tertiary/aromatic N) is 1. The highest BCUT2D eigenvalue weighted by Gasteiger charge is 2.29. The molecule has 35 heavy (non-hydrogen) atoms. The zero-order valence-corrected chi connectivity index (χ0v) is 20.1. The number of benzene rings is 2. The van der Waals surface area contributed by atoms with Gasteiger partial charge >= 0.3 is 5.97 Å². The fraction of sp³-hybridized carbons (Fsp3) is 0.185. The van der Waals surface area contributed by atoms with Crippen LogP contribution in [0.2, 0.25) is 0 Å². The van der Waals surface area contributed by atoms with Gasteiger partial charge in [0.05, 0.1) is 16.3 Å². The van der Waals surface area contributed by atoms with Crippen LogP contribution in [0.15, 0.2) is 75.2 Å². The molecule has 2 N–H and O–H groups in total. The topological polar surface area (TPSA) is 109 Å². The number of carboxylic acids is 1. The van der Waals surface area contributed by atoms with Crippen LogP contribution in [0, 0.1) is 13.8 Å². The summed E-state index contributed by atoms with van der Waals surface area (Å²) in [6.07, 6.45) is 1.03. The number of hydrogen-bond acceptors (Lipinski definition) is 4. The monoisotopic (exact) mass is 488 g/mol. The first-order valence-corrected chi connectivity index (χ1v) is 12.7. The molecule has 7 nitrogen and oxygen atoms in total. The van der Waals surface area contributed by atoms with Crippen molar-refractivity contribution < 1.29 is 18.3 Å². The van der Waals surface area contributed by atoms with Crippen molar-refractivity contribution in [2.45, 2.75) is 43.0 Å². The smallest absolute Gasteiger partial charge is 0.352 e. The predicted octanol–water partition coefficient (Wildman–Crippen LogP) is 4.14. The van der Waals surface area contributed by atoms with Crippen LogP contribution in [-0.4, -0.2) is 29.0 Å². The number of hydrogen-bond donors (Lipinski definition) is 2. The summed E-state index contributed by atoms with van der Waals surface area (Å²) >= 11 is 0. The van der Waals surface area contributed by atoms with E-state index in [2.05, 4.69) is 4.98 Å². The summed E-state index contributed by atoms with van der Waals surface area (Å²) in [4.78, 5) is 27.7. The molecule has 0 radical (unpaired) electrons. The first-order valence-electron chi connectivity index (χ1n) is 11.3. The molecular formula is C27H24N2O5S. The number of aromatic amines is 1. The van der Waals surface area contributed by atoms with Crippen LogP contribution in [-0.2, 0) is 29.2 Å². The molecule has 8 heteroatoms. The van der Waals surface area contributed by atoms with Crippen molar-refractivity contribution >= 4 is 15.8 Å². The molecule has 0 aliphatic heterocycles. The molecule has 5 rings (SSSR count). The van der Waals surface area contributed by atoms with Gasteiger partial charge in [0.2, 0.25) is 9.84 Å². The van der Waals surface area contributed by atoms with Crippen LogP contribution in [0.3, 0.4) is 0 Å². The minimum absolute atomic E-state index is 0.0493. The Morgan fingerprint density at radius 1 is 0.971 bits per heavy atom. The standard InChI is InChI=1S/C27H24N2O5S/c1-16-8-9-18(12-17(16)2)15-29-22(27(31)32)13-20-11-10-19-14-23(26(30)28-24(19)25(20)29)35(33,34)21-6-4-3-5-7-21/h3-9,12-14H,10-11,15H2,1-2H3,(H,28,30)(H,31,32). The Balaban J connectivity index is 1.67. The number of pyridine rings is 1. The molecule has 2 aromatic carbocycles. The zero-order valence-electron chi connectivity index (χ0n) is 19.3. The minimum atomic E-state index is -4.00. The lowest BCUT2D eigenvalue weighted by Crippen LogP contribution is -2.22. The molecule has 1 aliphatic rings. The second-order valence-corrected chi connectivity index (χ2v) is 10.8. The van der Waals surface area contributed by atoms with Crippen molar-refractivity contribution in [3.8, 4) is 11.4 Å². The van der Waals surface area contributed by atoms with Gasteiger partial charge in [0.25, 0.3) is 5.56 Å². The summed E-state index contributed by atoms with van der Waals surface area (Å²) in [5, 5.41) is 9.90. The van der Waals surface area contributed by atoms with Gasteiger partial charge in [0, 0.05) is 6.54 Å². The van der Waals surface area contributed by atoms with Crippen LogP contribution in [0.5, 0.6) is 0 Å². The average Bonchev–Trinajstić information content (AvgIpc) is 3.20. The van der Waals surface area contributed by atoms with Gasteiger partial charge in [0.15, 0.2) is 0 Å². The van der Waals surface area contributed by atoms with Crippen molar-refractivity contribution in [3.05, 3.63) is 105 Å². The van der Waals surface area contributed by atoms with Gasteiger partial charge in [-0.2, -0.15) is 0 Å². The Morgan fingerprint density at radius 3 is 2.37 bits per heavy atom. The molecule has 1 aliphatic carbocycles. The summed E-state index contributed by atoms with van der Waals surface area (Å²) in [5.74, 6) is -1.06. The maximum absolute atomic E-state index is 13.1. The number of H-pyrrole nitrogens is 1. The van der Waals surface area contributed by atoms with Crippen molar-refractivity contribution in [2.24, 2.45) is 0 Å². The van der Waals surface area contributed by atoms with Crippen LogP contribution in [0.25, 0.3) is 11.4 Å². The van der Waals surface area contributed by atoms with Gasteiger partial charge < -0.3 is 14.7 Å². The third-order valence-electron chi connectivity index (χ3n) is 6.64. The molecule has 0 saturated carbocycles. The third-order valence-corrected chi connectivity index (χ3v) is 8.41. The molecule has 4 aromatic rings. The maximum Gasteiger partial charge on any atom is 0.352 e. The molecule has 0 amide bonds. The van der Waals surface area contributed by atoms with E-state index >= 15 is 0 Å². The van der Waals surface area contributed by atoms with E-state index in [9.17, 15) is 23.1 Å². The predicted molar refractivity (Wildman–Crippen MR) is 132 cm³/mol. The van der Waals surface area contributed by atoms with Gasteiger partial charge in [-0.15, -0.1) is 0 Å². The SMILES string of the molecule is Cc1ccc(Cn2c(C(=O)O)cc3c2-c2[nH]c(=O)c(S(=O)(=O)c4ccccc4)cc2CC3)cc1C. The number of carbonyl (C=O) groups is 1. The maximum atomic E-state index is 13.1. The lowest BCUT2D eigenvalue weighted by atomic mass is 9.94. The van der Waals surface area contributed by atoms with Gasteiger partial charge in [-0.3, -0.25) is 4.79 Å². The van der Waals surface area contributed by atoms with E-state index in [1.165, 1.54) is 18.2 Å². The van der Waals surface area contributed by atoms with Crippen LogP contribution in [0.4, 0.5) is 0 Å². The summed E-state index contributed by atoms with van der Waals surface area (Å²) in [6.45, 7) is 4.33. The van der Waals surface area contributed by atoms with Crippen molar-refractivity contribution in [3.63, 3.8) is 0 Å². The van der Waals surface area contributed by atoms with Crippen molar-refractivity contribution in [1.29, 1.82) is 0 Å². The number of fused-ring (bicyclic) bond motifs is 3. The van der Waals surface area contributed by atoms with Gasteiger partial charge in [-0.1, -0.05) is 36.4 Å². The Hall–Kier alpha value is -3.91. The highest BCUT2D eigenvalue weighted by molar-refractivity contribution is 7.91. The first-order chi connectivity index (χ1) is 16.7. The summed E-state index contributed by atoms with van der Waals surface area (Å²) < 4.78 is 28.0. The summed E-state index contributed by atoms with van der Waals surface area (Å²) in [5.41, 5.74) is 5.15. The van der Waals surface area contributed by atoms with Crippen molar-refractivity contribution in [1.82, 2.24) is 9.55 Å². The number of nitrogens with one attached hydrogen (secondary N) is 1. The van der Waals surface area contributed by atoms with E-state index in [0.29, 0.717) is 36.3 Å². The highest BCUT2D eigenvalue weighted by atomic mass is 32.2. The Kier molecular flexibility index (Phi) is 5.48. The number of aryl methyl sites for hydroxylation is 4. The number of aromatic nitrogens is 2. The van der Waals surface area contributed by atoms with E-state index in [-0.39, 0.29) is 15.5 Å². The third kappa shape index (κ3) is 3.89.